The van der Waals surface area contributed by atoms with Crippen LogP contribution in [0, 0.1) is 5.92 Å². The number of nitrogens with zero attached hydrogens (tertiary/aromatic N) is 2. The van der Waals surface area contributed by atoms with Crippen molar-refractivity contribution in [3.63, 3.8) is 0 Å². The zero-order valence-corrected chi connectivity index (χ0v) is 10.1. The third-order valence-corrected chi connectivity index (χ3v) is 2.34. The van der Waals surface area contributed by atoms with Crippen LogP contribution in [-0.2, 0) is 0 Å². The van der Waals surface area contributed by atoms with Gasteiger partial charge in [-0.25, -0.2) is 0 Å². The van der Waals surface area contributed by atoms with Crippen molar-refractivity contribution in [2.45, 2.75) is 20.8 Å². The Balaban J connectivity index is 2.81. The lowest BCUT2D eigenvalue weighted by atomic mass is 10.2. The minimum Gasteiger partial charge on any atom is -0.387 e. The monoisotopic (exact) mass is 207 g/mol. The van der Waals surface area contributed by atoms with Gasteiger partial charge in [-0.15, -0.1) is 0 Å². The number of nitrogens with one attached hydrogen (secondary N) is 1. The molecule has 0 aromatic carbocycles. The van der Waals surface area contributed by atoms with E-state index >= 15 is 0 Å². The predicted molar refractivity (Wildman–Crippen MR) is 66.5 cm³/mol. The summed E-state index contributed by atoms with van der Waals surface area (Å²) in [5, 5.41) is 3.11. The molecule has 0 atom stereocenters. The maximum atomic E-state index is 4.23. The van der Waals surface area contributed by atoms with Crippen LogP contribution in [0.1, 0.15) is 20.8 Å². The fraction of sp³-hybridized carbons (Fsp3) is 0.583. The molecule has 0 amide bonds. The Morgan fingerprint density at radius 1 is 1.40 bits per heavy atom. The highest BCUT2D eigenvalue weighted by Crippen LogP contribution is 2.18. The summed E-state index contributed by atoms with van der Waals surface area (Å²) in [6, 6.07) is 2.14. The van der Waals surface area contributed by atoms with Crippen LogP contribution in [0.5, 0.6) is 0 Å². The van der Waals surface area contributed by atoms with E-state index in [9.17, 15) is 0 Å². The lowest BCUT2D eigenvalue weighted by Crippen LogP contribution is -2.27. The van der Waals surface area contributed by atoms with Gasteiger partial charge in [-0.2, -0.15) is 0 Å². The standard InChI is InChI=1S/C12H21N3/c1-5-15(9-10(2)3)12-6-11(13-4)7-14-8-12/h6-8,10,13H,5,9H2,1-4H3. The first-order valence-corrected chi connectivity index (χ1v) is 5.55. The van der Waals surface area contributed by atoms with Gasteiger partial charge in [-0.1, -0.05) is 13.8 Å². The smallest absolute Gasteiger partial charge is 0.0573 e. The van der Waals surface area contributed by atoms with Gasteiger partial charge < -0.3 is 10.2 Å². The molecular weight excluding hydrogens is 186 g/mol. The molecule has 3 heteroatoms. The zero-order chi connectivity index (χ0) is 11.3. The molecule has 0 unspecified atom stereocenters. The summed E-state index contributed by atoms with van der Waals surface area (Å²) in [4.78, 5) is 6.57. The molecule has 0 saturated carbocycles. The minimum atomic E-state index is 0.670. The Kier molecular flexibility index (Phi) is 4.40. The van der Waals surface area contributed by atoms with Gasteiger partial charge in [-0.3, -0.25) is 4.98 Å². The number of aromatic nitrogens is 1. The van der Waals surface area contributed by atoms with Gasteiger partial charge in [0.25, 0.3) is 0 Å². The maximum Gasteiger partial charge on any atom is 0.0573 e. The van der Waals surface area contributed by atoms with Gasteiger partial charge in [-0.05, 0) is 18.9 Å². The second kappa shape index (κ2) is 5.59. The first kappa shape index (κ1) is 11.8. The van der Waals surface area contributed by atoms with Gasteiger partial charge in [0.05, 0.1) is 23.8 Å². The average Bonchev–Trinajstić information content (AvgIpc) is 2.25. The number of pyridine rings is 1. The molecule has 3 nitrogen and oxygen atoms in total. The van der Waals surface area contributed by atoms with E-state index in [1.165, 1.54) is 5.69 Å². The molecule has 0 aliphatic heterocycles. The molecule has 0 aliphatic rings. The van der Waals surface area contributed by atoms with Crippen molar-refractivity contribution in [3.05, 3.63) is 18.5 Å². The molecule has 84 valence electrons. The number of hydrogen-bond donors (Lipinski definition) is 1. The van der Waals surface area contributed by atoms with Crippen LogP contribution in [0.2, 0.25) is 0 Å². The molecule has 0 spiro atoms. The molecule has 0 fully saturated rings. The minimum absolute atomic E-state index is 0.670. The van der Waals surface area contributed by atoms with E-state index in [0.29, 0.717) is 5.92 Å². The average molecular weight is 207 g/mol. The third kappa shape index (κ3) is 3.42. The lowest BCUT2D eigenvalue weighted by molar-refractivity contribution is 0.618. The van der Waals surface area contributed by atoms with Gasteiger partial charge in [0.15, 0.2) is 0 Å². The Labute approximate surface area is 92.5 Å². The lowest BCUT2D eigenvalue weighted by Gasteiger charge is -2.25. The molecule has 1 aromatic heterocycles. The quantitative estimate of drug-likeness (QED) is 0.804. The summed E-state index contributed by atoms with van der Waals surface area (Å²) in [7, 11) is 1.92. The highest BCUT2D eigenvalue weighted by Gasteiger charge is 2.06. The molecule has 0 saturated heterocycles. The molecule has 0 bridgehead atoms. The van der Waals surface area contributed by atoms with Gasteiger partial charge in [0, 0.05) is 20.1 Å². The van der Waals surface area contributed by atoms with E-state index in [2.05, 4.69) is 42.0 Å². The summed E-state index contributed by atoms with van der Waals surface area (Å²) < 4.78 is 0. The van der Waals surface area contributed by atoms with Crippen molar-refractivity contribution < 1.29 is 0 Å². The van der Waals surface area contributed by atoms with Crippen molar-refractivity contribution in [2.24, 2.45) is 5.92 Å². The molecule has 1 N–H and O–H groups in total. The topological polar surface area (TPSA) is 28.2 Å². The van der Waals surface area contributed by atoms with Gasteiger partial charge >= 0.3 is 0 Å². The van der Waals surface area contributed by atoms with Gasteiger partial charge in [0.2, 0.25) is 0 Å². The Morgan fingerprint density at radius 3 is 2.67 bits per heavy atom. The first-order valence-electron chi connectivity index (χ1n) is 5.55. The molecule has 15 heavy (non-hydrogen) atoms. The maximum absolute atomic E-state index is 4.23. The fourth-order valence-electron chi connectivity index (χ4n) is 1.60. The summed E-state index contributed by atoms with van der Waals surface area (Å²) in [6.45, 7) is 8.74. The summed E-state index contributed by atoms with van der Waals surface area (Å²) in [5.74, 6) is 0.670. The molecule has 1 aromatic rings. The van der Waals surface area contributed by atoms with E-state index in [1.54, 1.807) is 0 Å². The van der Waals surface area contributed by atoms with Crippen LogP contribution in [-0.4, -0.2) is 25.1 Å². The summed E-state index contributed by atoms with van der Waals surface area (Å²) in [6.07, 6.45) is 3.76. The Morgan fingerprint density at radius 2 is 2.13 bits per heavy atom. The third-order valence-electron chi connectivity index (χ3n) is 2.34. The first-order chi connectivity index (χ1) is 7.17. The molecule has 1 heterocycles. The summed E-state index contributed by atoms with van der Waals surface area (Å²) >= 11 is 0. The SMILES string of the molecule is CCN(CC(C)C)c1cncc(NC)c1. The van der Waals surface area contributed by atoms with E-state index in [1.807, 2.05) is 19.4 Å². The number of hydrogen-bond acceptors (Lipinski definition) is 3. The number of rotatable bonds is 5. The second-order valence-corrected chi connectivity index (χ2v) is 4.11. The van der Waals surface area contributed by atoms with Gasteiger partial charge in [0.1, 0.15) is 0 Å². The zero-order valence-electron chi connectivity index (χ0n) is 10.1. The van der Waals surface area contributed by atoms with Crippen LogP contribution in [0.3, 0.4) is 0 Å². The molecule has 0 radical (unpaired) electrons. The highest BCUT2D eigenvalue weighted by atomic mass is 15.1. The van der Waals surface area contributed by atoms with Crippen LogP contribution >= 0.6 is 0 Å². The van der Waals surface area contributed by atoms with Crippen LogP contribution in [0.15, 0.2) is 18.5 Å². The highest BCUT2D eigenvalue weighted by molar-refractivity contribution is 5.55. The van der Waals surface area contributed by atoms with E-state index in [-0.39, 0.29) is 0 Å². The summed E-state index contributed by atoms with van der Waals surface area (Å²) in [5.41, 5.74) is 2.26. The molecular formula is C12H21N3. The Bertz CT molecular complexity index is 297. The normalized spacial score (nSPS) is 10.5. The van der Waals surface area contributed by atoms with Crippen LogP contribution in [0.4, 0.5) is 11.4 Å². The number of anilines is 2. The van der Waals surface area contributed by atoms with Crippen LogP contribution < -0.4 is 10.2 Å². The van der Waals surface area contributed by atoms with E-state index < -0.39 is 0 Å². The van der Waals surface area contributed by atoms with Crippen molar-refractivity contribution in [1.29, 1.82) is 0 Å². The van der Waals surface area contributed by atoms with Crippen molar-refractivity contribution in [3.8, 4) is 0 Å². The molecule has 1 rings (SSSR count). The molecule has 0 aliphatic carbocycles. The van der Waals surface area contributed by atoms with E-state index in [4.69, 9.17) is 0 Å². The van der Waals surface area contributed by atoms with Crippen molar-refractivity contribution >= 4 is 11.4 Å². The largest absolute Gasteiger partial charge is 0.387 e. The Hall–Kier alpha value is -1.25. The van der Waals surface area contributed by atoms with Crippen molar-refractivity contribution in [1.82, 2.24) is 4.98 Å². The second-order valence-electron chi connectivity index (χ2n) is 4.11. The predicted octanol–water partition coefficient (Wildman–Crippen LogP) is 2.61. The van der Waals surface area contributed by atoms with E-state index in [0.717, 1.165) is 18.8 Å². The van der Waals surface area contributed by atoms with Crippen LogP contribution in [0.25, 0.3) is 0 Å². The van der Waals surface area contributed by atoms with Crippen molar-refractivity contribution in [2.75, 3.05) is 30.4 Å². The fourth-order valence-corrected chi connectivity index (χ4v) is 1.60.